The molecule has 0 bridgehead atoms. The molecule has 0 aromatic heterocycles. The summed E-state index contributed by atoms with van der Waals surface area (Å²) in [5.41, 5.74) is 0. The number of amides is 1. The van der Waals surface area contributed by atoms with Gasteiger partial charge in [-0.15, -0.1) is 0 Å². The number of rotatable bonds is 7. The van der Waals surface area contributed by atoms with E-state index in [0.717, 1.165) is 39.1 Å². The minimum Gasteiger partial charge on any atom is -0.378 e. The van der Waals surface area contributed by atoms with E-state index < -0.39 is 0 Å². The highest BCUT2D eigenvalue weighted by atomic mass is 16.5. The van der Waals surface area contributed by atoms with Crippen LogP contribution in [-0.2, 0) is 9.53 Å². The van der Waals surface area contributed by atoms with Gasteiger partial charge in [-0.2, -0.15) is 0 Å². The van der Waals surface area contributed by atoms with Gasteiger partial charge in [-0.25, -0.2) is 0 Å². The summed E-state index contributed by atoms with van der Waals surface area (Å²) >= 11 is 0. The SMILES string of the molecule is CCNCC(C)C(=O)NCC1CCOC1CC. The Morgan fingerprint density at radius 1 is 1.47 bits per heavy atom. The van der Waals surface area contributed by atoms with Crippen LogP contribution in [0.4, 0.5) is 0 Å². The van der Waals surface area contributed by atoms with Crippen molar-refractivity contribution in [2.75, 3.05) is 26.2 Å². The summed E-state index contributed by atoms with van der Waals surface area (Å²) in [6.07, 6.45) is 2.44. The van der Waals surface area contributed by atoms with Gasteiger partial charge in [0.2, 0.25) is 5.91 Å². The van der Waals surface area contributed by atoms with Crippen molar-refractivity contribution in [2.45, 2.75) is 39.7 Å². The normalized spacial score (nSPS) is 25.8. The Hall–Kier alpha value is -0.610. The van der Waals surface area contributed by atoms with Crippen LogP contribution < -0.4 is 10.6 Å². The van der Waals surface area contributed by atoms with Crippen molar-refractivity contribution in [1.82, 2.24) is 10.6 Å². The molecule has 4 nitrogen and oxygen atoms in total. The first-order chi connectivity index (χ1) is 8.19. The number of carbonyl (C=O) groups excluding carboxylic acids is 1. The van der Waals surface area contributed by atoms with E-state index in [0.29, 0.717) is 12.0 Å². The molecule has 1 aliphatic rings. The smallest absolute Gasteiger partial charge is 0.224 e. The number of ether oxygens (including phenoxy) is 1. The third-order valence-electron chi connectivity index (χ3n) is 3.44. The summed E-state index contributed by atoms with van der Waals surface area (Å²) < 4.78 is 5.61. The molecule has 4 heteroatoms. The molecule has 0 saturated carbocycles. The highest BCUT2D eigenvalue weighted by Gasteiger charge is 2.27. The van der Waals surface area contributed by atoms with E-state index in [1.54, 1.807) is 0 Å². The van der Waals surface area contributed by atoms with Crippen molar-refractivity contribution in [3.05, 3.63) is 0 Å². The first-order valence-electron chi connectivity index (χ1n) is 6.79. The van der Waals surface area contributed by atoms with Gasteiger partial charge in [0.25, 0.3) is 0 Å². The Bertz CT molecular complexity index is 233. The molecule has 0 aromatic carbocycles. The zero-order chi connectivity index (χ0) is 12.7. The van der Waals surface area contributed by atoms with Crippen LogP contribution in [0.3, 0.4) is 0 Å². The van der Waals surface area contributed by atoms with Crippen molar-refractivity contribution >= 4 is 5.91 Å². The second-order valence-corrected chi connectivity index (χ2v) is 4.82. The molecule has 1 aliphatic heterocycles. The molecule has 17 heavy (non-hydrogen) atoms. The van der Waals surface area contributed by atoms with Crippen molar-refractivity contribution in [1.29, 1.82) is 0 Å². The van der Waals surface area contributed by atoms with Crippen LogP contribution in [0.25, 0.3) is 0 Å². The summed E-state index contributed by atoms with van der Waals surface area (Å²) in [6, 6.07) is 0. The van der Waals surface area contributed by atoms with Gasteiger partial charge in [0.15, 0.2) is 0 Å². The van der Waals surface area contributed by atoms with Gasteiger partial charge < -0.3 is 15.4 Å². The van der Waals surface area contributed by atoms with E-state index >= 15 is 0 Å². The van der Waals surface area contributed by atoms with Crippen molar-refractivity contribution < 1.29 is 9.53 Å². The molecule has 0 spiro atoms. The van der Waals surface area contributed by atoms with E-state index in [4.69, 9.17) is 4.74 Å². The second kappa shape index (κ2) is 7.67. The summed E-state index contributed by atoms with van der Waals surface area (Å²) in [7, 11) is 0. The van der Waals surface area contributed by atoms with E-state index in [1.807, 2.05) is 13.8 Å². The standard InChI is InChI=1S/C13H26N2O2/c1-4-12-11(6-7-17-12)9-15-13(16)10(3)8-14-5-2/h10-12,14H,4-9H2,1-3H3,(H,15,16). The van der Waals surface area contributed by atoms with Gasteiger partial charge in [0.05, 0.1) is 6.10 Å². The van der Waals surface area contributed by atoms with Gasteiger partial charge in [-0.05, 0) is 19.4 Å². The van der Waals surface area contributed by atoms with Gasteiger partial charge in [-0.3, -0.25) is 4.79 Å². The van der Waals surface area contributed by atoms with Crippen LogP contribution in [0.15, 0.2) is 0 Å². The lowest BCUT2D eigenvalue weighted by molar-refractivity contribution is -0.124. The van der Waals surface area contributed by atoms with Crippen LogP contribution in [0.5, 0.6) is 0 Å². The van der Waals surface area contributed by atoms with Crippen LogP contribution >= 0.6 is 0 Å². The molecule has 0 aliphatic carbocycles. The fourth-order valence-electron chi connectivity index (χ4n) is 2.24. The molecule has 1 amide bonds. The quantitative estimate of drug-likeness (QED) is 0.704. The third kappa shape index (κ3) is 4.64. The monoisotopic (exact) mass is 242 g/mol. The maximum absolute atomic E-state index is 11.8. The summed E-state index contributed by atoms with van der Waals surface area (Å²) in [4.78, 5) is 11.8. The Morgan fingerprint density at radius 2 is 2.24 bits per heavy atom. The van der Waals surface area contributed by atoms with Crippen LogP contribution in [0.2, 0.25) is 0 Å². The lowest BCUT2D eigenvalue weighted by Crippen LogP contribution is -2.39. The molecule has 0 aromatic rings. The fourth-order valence-corrected chi connectivity index (χ4v) is 2.24. The van der Waals surface area contributed by atoms with Crippen LogP contribution in [0, 0.1) is 11.8 Å². The summed E-state index contributed by atoms with van der Waals surface area (Å²) in [5.74, 6) is 0.681. The predicted molar refractivity (Wildman–Crippen MR) is 68.9 cm³/mol. The largest absolute Gasteiger partial charge is 0.378 e. The lowest BCUT2D eigenvalue weighted by atomic mass is 9.99. The minimum atomic E-state index is 0.0392. The molecular weight excluding hydrogens is 216 g/mol. The summed E-state index contributed by atoms with van der Waals surface area (Å²) in [6.45, 7) is 9.40. The van der Waals surface area contributed by atoms with Crippen LogP contribution in [-0.4, -0.2) is 38.3 Å². The van der Waals surface area contributed by atoms with Crippen LogP contribution in [0.1, 0.15) is 33.6 Å². The molecular formula is C13H26N2O2. The van der Waals surface area contributed by atoms with Crippen molar-refractivity contribution in [3.63, 3.8) is 0 Å². The number of nitrogens with one attached hydrogen (secondary N) is 2. The van der Waals surface area contributed by atoms with Gasteiger partial charge >= 0.3 is 0 Å². The van der Waals surface area contributed by atoms with E-state index in [-0.39, 0.29) is 11.8 Å². The molecule has 2 N–H and O–H groups in total. The average molecular weight is 242 g/mol. The van der Waals surface area contributed by atoms with Crippen molar-refractivity contribution in [2.24, 2.45) is 11.8 Å². The highest BCUT2D eigenvalue weighted by molar-refractivity contribution is 5.78. The summed E-state index contributed by atoms with van der Waals surface area (Å²) in [5, 5.41) is 6.23. The molecule has 1 rings (SSSR count). The highest BCUT2D eigenvalue weighted by Crippen LogP contribution is 2.22. The number of carbonyl (C=O) groups is 1. The molecule has 3 atom stereocenters. The minimum absolute atomic E-state index is 0.0392. The maximum atomic E-state index is 11.8. The molecule has 3 unspecified atom stereocenters. The van der Waals surface area contributed by atoms with Gasteiger partial charge in [-0.1, -0.05) is 20.8 Å². The molecule has 1 fully saturated rings. The maximum Gasteiger partial charge on any atom is 0.224 e. The fraction of sp³-hybridized carbons (Fsp3) is 0.923. The van der Waals surface area contributed by atoms with E-state index in [9.17, 15) is 4.79 Å². The first-order valence-corrected chi connectivity index (χ1v) is 6.79. The zero-order valence-corrected chi connectivity index (χ0v) is 11.3. The molecule has 100 valence electrons. The lowest BCUT2D eigenvalue weighted by Gasteiger charge is -2.19. The van der Waals surface area contributed by atoms with E-state index in [2.05, 4.69) is 17.6 Å². The number of hydrogen-bond donors (Lipinski definition) is 2. The van der Waals surface area contributed by atoms with Gasteiger partial charge in [0, 0.05) is 31.5 Å². The topological polar surface area (TPSA) is 50.4 Å². The van der Waals surface area contributed by atoms with E-state index in [1.165, 1.54) is 0 Å². The van der Waals surface area contributed by atoms with Gasteiger partial charge in [0.1, 0.15) is 0 Å². The third-order valence-corrected chi connectivity index (χ3v) is 3.44. The molecule has 1 saturated heterocycles. The Labute approximate surface area is 104 Å². The zero-order valence-electron chi connectivity index (χ0n) is 11.3. The Morgan fingerprint density at radius 3 is 2.88 bits per heavy atom. The Balaban J connectivity index is 2.22. The molecule has 1 heterocycles. The first kappa shape index (κ1) is 14.5. The van der Waals surface area contributed by atoms with Crippen molar-refractivity contribution in [3.8, 4) is 0 Å². The predicted octanol–water partition coefficient (Wildman–Crippen LogP) is 1.16. The Kier molecular flexibility index (Phi) is 6.52. The molecule has 0 radical (unpaired) electrons. The average Bonchev–Trinajstić information content (AvgIpc) is 2.80. The second-order valence-electron chi connectivity index (χ2n) is 4.82. The number of hydrogen-bond acceptors (Lipinski definition) is 3.